The van der Waals surface area contributed by atoms with E-state index in [9.17, 15) is 4.79 Å². The average molecular weight is 362 g/mol. The van der Waals surface area contributed by atoms with Crippen LogP contribution in [0.1, 0.15) is 28.6 Å². The molecule has 3 aromatic rings. The van der Waals surface area contributed by atoms with E-state index in [1.54, 1.807) is 12.1 Å². The maximum absolute atomic E-state index is 11.9. The quantitative estimate of drug-likeness (QED) is 0.456. The van der Waals surface area contributed by atoms with Crippen molar-refractivity contribution in [1.29, 1.82) is 0 Å². The van der Waals surface area contributed by atoms with Crippen LogP contribution in [0.5, 0.6) is 0 Å². The zero-order valence-electron chi connectivity index (χ0n) is 15.1. The lowest BCUT2D eigenvalue weighted by molar-refractivity contribution is 0.0996. The van der Waals surface area contributed by atoms with Crippen molar-refractivity contribution in [1.82, 2.24) is 0 Å². The Morgan fingerprint density at radius 1 is 1.00 bits per heavy atom. The second kappa shape index (κ2) is 8.71. The molecule has 6 nitrogen and oxygen atoms in total. The summed E-state index contributed by atoms with van der Waals surface area (Å²) in [6.07, 6.45) is 2.43. The minimum absolute atomic E-state index is 0.273. The molecular weight excluding hydrogens is 340 g/mol. The Labute approximate surface area is 158 Å². The van der Waals surface area contributed by atoms with Gasteiger partial charge in [-0.25, -0.2) is 4.99 Å². The first kappa shape index (κ1) is 18.3. The molecule has 1 amide bonds. The number of nitrogens with one attached hydrogen (secondary N) is 2. The first-order valence-electron chi connectivity index (χ1n) is 8.73. The lowest BCUT2D eigenvalue weighted by Crippen LogP contribution is -2.22. The lowest BCUT2D eigenvalue weighted by Gasteiger charge is -2.07. The molecule has 3 rings (SSSR count). The van der Waals surface area contributed by atoms with Gasteiger partial charge < -0.3 is 20.8 Å². The molecule has 0 spiro atoms. The zero-order chi connectivity index (χ0) is 19.1. The highest BCUT2D eigenvalue weighted by Gasteiger charge is 2.08. The summed E-state index contributed by atoms with van der Waals surface area (Å²) in [7, 11) is 0. The van der Waals surface area contributed by atoms with Crippen LogP contribution in [-0.4, -0.2) is 11.9 Å². The zero-order valence-corrected chi connectivity index (χ0v) is 15.1. The molecule has 0 saturated carbocycles. The van der Waals surface area contributed by atoms with Crippen LogP contribution in [0.3, 0.4) is 0 Å². The van der Waals surface area contributed by atoms with Crippen LogP contribution >= 0.6 is 0 Å². The number of carbonyl (C=O) groups excluding carboxylic acids is 1. The maximum Gasteiger partial charge on any atom is 0.291 e. The van der Waals surface area contributed by atoms with E-state index in [0.29, 0.717) is 18.2 Å². The Morgan fingerprint density at radius 3 is 2.52 bits per heavy atom. The molecule has 1 aromatic heterocycles. The molecule has 0 aliphatic rings. The smallest absolute Gasteiger partial charge is 0.291 e. The van der Waals surface area contributed by atoms with E-state index in [1.807, 2.05) is 36.4 Å². The number of benzene rings is 2. The third-order valence-electron chi connectivity index (χ3n) is 4.00. The van der Waals surface area contributed by atoms with Gasteiger partial charge >= 0.3 is 0 Å². The van der Waals surface area contributed by atoms with Gasteiger partial charge in [0.2, 0.25) is 0 Å². The molecular formula is C21H22N4O2. The summed E-state index contributed by atoms with van der Waals surface area (Å²) in [5.41, 5.74) is 9.80. The molecule has 0 aliphatic heterocycles. The largest absolute Gasteiger partial charge is 0.459 e. The average Bonchev–Trinajstić information content (AvgIpc) is 3.22. The van der Waals surface area contributed by atoms with Crippen LogP contribution < -0.4 is 16.4 Å². The summed E-state index contributed by atoms with van der Waals surface area (Å²) in [4.78, 5) is 16.3. The van der Waals surface area contributed by atoms with Crippen molar-refractivity contribution in [3.63, 3.8) is 0 Å². The van der Waals surface area contributed by atoms with Gasteiger partial charge in [0.05, 0.1) is 12.8 Å². The van der Waals surface area contributed by atoms with Crippen LogP contribution in [0, 0.1) is 0 Å². The molecule has 4 N–H and O–H groups in total. The number of amides is 1. The van der Waals surface area contributed by atoms with Crippen molar-refractivity contribution >= 4 is 23.2 Å². The van der Waals surface area contributed by atoms with Gasteiger partial charge in [0.25, 0.3) is 5.91 Å². The minimum Gasteiger partial charge on any atom is -0.459 e. The predicted octanol–water partition coefficient (Wildman–Crippen LogP) is 4.02. The van der Waals surface area contributed by atoms with Crippen LogP contribution in [0.4, 0.5) is 11.4 Å². The normalized spacial score (nSPS) is 11.2. The fourth-order valence-electron chi connectivity index (χ4n) is 2.53. The van der Waals surface area contributed by atoms with Crippen LogP contribution in [0.15, 0.2) is 76.3 Å². The van der Waals surface area contributed by atoms with E-state index in [0.717, 1.165) is 17.7 Å². The molecule has 6 heteroatoms. The van der Waals surface area contributed by atoms with Crippen molar-refractivity contribution in [2.75, 3.05) is 10.6 Å². The summed E-state index contributed by atoms with van der Waals surface area (Å²) in [5, 5.41) is 5.87. The van der Waals surface area contributed by atoms with Gasteiger partial charge in [-0.15, -0.1) is 0 Å². The van der Waals surface area contributed by atoms with Crippen molar-refractivity contribution in [3.05, 3.63) is 83.8 Å². The molecule has 0 aliphatic carbocycles. The summed E-state index contributed by atoms with van der Waals surface area (Å²) in [5.74, 6) is 0.349. The molecule has 0 radical (unpaired) electrons. The molecule has 138 valence electrons. The number of nitrogens with zero attached hydrogens (tertiary/aromatic N) is 1. The van der Waals surface area contributed by atoms with E-state index in [-0.39, 0.29) is 11.7 Å². The van der Waals surface area contributed by atoms with Crippen molar-refractivity contribution in [2.24, 2.45) is 10.7 Å². The second-order valence-electron chi connectivity index (χ2n) is 6.01. The van der Waals surface area contributed by atoms with Crippen molar-refractivity contribution in [3.8, 4) is 0 Å². The fraction of sp³-hybridized carbons (Fsp3) is 0.143. The van der Waals surface area contributed by atoms with Gasteiger partial charge in [-0.05, 0) is 53.9 Å². The Bertz CT molecular complexity index is 916. The number of anilines is 2. The first-order valence-corrected chi connectivity index (χ1v) is 8.73. The van der Waals surface area contributed by atoms with E-state index in [4.69, 9.17) is 10.2 Å². The van der Waals surface area contributed by atoms with E-state index in [1.165, 1.54) is 11.8 Å². The second-order valence-corrected chi connectivity index (χ2v) is 6.01. The fourth-order valence-corrected chi connectivity index (χ4v) is 2.53. The highest BCUT2D eigenvalue weighted by molar-refractivity contribution is 6.02. The summed E-state index contributed by atoms with van der Waals surface area (Å²) < 4.78 is 5.07. The maximum atomic E-state index is 11.9. The molecule has 0 atom stereocenters. The summed E-state index contributed by atoms with van der Waals surface area (Å²) >= 11 is 0. The monoisotopic (exact) mass is 362 g/mol. The van der Waals surface area contributed by atoms with Gasteiger partial charge in [-0.1, -0.05) is 31.2 Å². The standard InChI is InChI=1S/C21H22N4O2/c1-2-15-5-3-6-18(13-15)25-21(22)23-14-16-8-10-17(11-9-16)24-20(26)19-7-4-12-27-19/h3-13H,2,14H2,1H3,(H,24,26)(H3,22,23,25). The molecule has 0 saturated heterocycles. The number of rotatable bonds is 6. The topological polar surface area (TPSA) is 92.6 Å². The number of nitrogens with two attached hydrogens (primary N) is 1. The highest BCUT2D eigenvalue weighted by Crippen LogP contribution is 2.13. The molecule has 1 heterocycles. The van der Waals surface area contributed by atoms with E-state index in [2.05, 4.69) is 34.7 Å². The van der Waals surface area contributed by atoms with E-state index < -0.39 is 0 Å². The van der Waals surface area contributed by atoms with Gasteiger partial charge in [-0.2, -0.15) is 0 Å². The Kier molecular flexibility index (Phi) is 5.89. The van der Waals surface area contributed by atoms with Gasteiger partial charge in [-0.3, -0.25) is 4.79 Å². The highest BCUT2D eigenvalue weighted by atomic mass is 16.3. The Morgan fingerprint density at radius 2 is 1.81 bits per heavy atom. The van der Waals surface area contributed by atoms with Crippen LogP contribution in [0.25, 0.3) is 0 Å². The third kappa shape index (κ3) is 5.22. The van der Waals surface area contributed by atoms with Crippen molar-refractivity contribution < 1.29 is 9.21 Å². The van der Waals surface area contributed by atoms with Crippen molar-refractivity contribution in [2.45, 2.75) is 19.9 Å². The number of hydrogen-bond acceptors (Lipinski definition) is 3. The van der Waals surface area contributed by atoms with Gasteiger partial charge in [0.15, 0.2) is 11.7 Å². The third-order valence-corrected chi connectivity index (χ3v) is 4.00. The lowest BCUT2D eigenvalue weighted by atomic mass is 10.1. The molecule has 0 unspecified atom stereocenters. The number of aryl methyl sites for hydroxylation is 1. The Balaban J connectivity index is 1.55. The van der Waals surface area contributed by atoms with Crippen LogP contribution in [-0.2, 0) is 13.0 Å². The Hall–Kier alpha value is -3.54. The number of guanidine groups is 1. The van der Waals surface area contributed by atoms with Gasteiger partial charge in [0.1, 0.15) is 0 Å². The van der Waals surface area contributed by atoms with Crippen LogP contribution in [0.2, 0.25) is 0 Å². The number of carbonyl (C=O) groups is 1. The first-order chi connectivity index (χ1) is 13.1. The summed E-state index contributed by atoms with van der Waals surface area (Å²) in [6, 6.07) is 18.8. The SMILES string of the molecule is CCc1cccc(NC(N)=NCc2ccc(NC(=O)c3ccco3)cc2)c1. The number of aliphatic imine (C=N–C) groups is 1. The molecule has 27 heavy (non-hydrogen) atoms. The van der Waals surface area contributed by atoms with Gasteiger partial charge in [0, 0.05) is 11.4 Å². The number of hydrogen-bond donors (Lipinski definition) is 3. The number of furan rings is 1. The van der Waals surface area contributed by atoms with E-state index >= 15 is 0 Å². The molecule has 2 aromatic carbocycles. The molecule has 0 bridgehead atoms. The summed E-state index contributed by atoms with van der Waals surface area (Å²) in [6.45, 7) is 2.55. The predicted molar refractivity (Wildman–Crippen MR) is 108 cm³/mol. The molecule has 0 fully saturated rings. The minimum atomic E-state index is -0.284.